The molecule has 0 aromatic heterocycles. The van der Waals surface area contributed by atoms with Crippen LogP contribution < -0.4 is 9.80 Å². The molecule has 5 rings (SSSR count). The molecule has 3 amide bonds. The number of nitrogens with zero attached hydrogens (tertiary/aromatic N) is 3. The molecule has 3 unspecified atom stereocenters. The fraction of sp³-hybridized carbons (Fsp3) is 0.457. The number of para-hydroxylation sites is 1. The van der Waals surface area contributed by atoms with Crippen LogP contribution in [0.1, 0.15) is 36.8 Å². The lowest BCUT2D eigenvalue weighted by atomic mass is 9.70. The number of aliphatic hydroxyl groups excluding tert-OH is 1. The Bertz CT molecular complexity index is 1420. The van der Waals surface area contributed by atoms with Crippen LogP contribution in [0.2, 0.25) is 0 Å². The highest BCUT2D eigenvalue weighted by Gasteiger charge is 2.76. The van der Waals surface area contributed by atoms with E-state index in [0.717, 1.165) is 28.9 Å². The number of likely N-dealkylation sites (tertiary alicyclic amines) is 1. The van der Waals surface area contributed by atoms with Gasteiger partial charge in [0.1, 0.15) is 6.04 Å². The third kappa shape index (κ3) is 5.67. The molecule has 0 saturated carbocycles. The molecule has 7 nitrogen and oxygen atoms in total. The van der Waals surface area contributed by atoms with Gasteiger partial charge in [0.05, 0.1) is 16.6 Å². The average molecular weight is 681 g/mol. The van der Waals surface area contributed by atoms with Gasteiger partial charge in [0.2, 0.25) is 11.8 Å². The third-order valence-corrected chi connectivity index (χ3v) is 12.5. The van der Waals surface area contributed by atoms with Crippen LogP contribution in [0.15, 0.2) is 73.8 Å². The van der Waals surface area contributed by atoms with E-state index in [9.17, 15) is 19.5 Å². The summed E-state index contributed by atoms with van der Waals surface area (Å²) in [7, 11) is 0. The summed E-state index contributed by atoms with van der Waals surface area (Å²) in [5.41, 5.74) is 3.58. The maximum Gasteiger partial charge on any atom is 0.251 e. The second-order valence-corrected chi connectivity index (χ2v) is 14.8. The fourth-order valence-electron chi connectivity index (χ4n) is 7.34. The number of unbranched alkanes of at least 4 members (excludes halogenated alkanes) is 2. The lowest BCUT2D eigenvalue weighted by Gasteiger charge is -2.38. The van der Waals surface area contributed by atoms with Gasteiger partial charge in [0.25, 0.3) is 5.91 Å². The number of aliphatic hydroxyl groups is 1. The zero-order valence-corrected chi connectivity index (χ0v) is 27.9. The van der Waals surface area contributed by atoms with Crippen molar-refractivity contribution in [3.8, 4) is 0 Å². The summed E-state index contributed by atoms with van der Waals surface area (Å²) in [6.07, 6.45) is 6.10. The minimum Gasteiger partial charge on any atom is -0.396 e. The predicted octanol–water partition coefficient (Wildman–Crippen LogP) is 5.67. The first kappa shape index (κ1) is 32.5. The molecule has 2 bridgehead atoms. The van der Waals surface area contributed by atoms with Crippen LogP contribution in [-0.4, -0.2) is 74.8 Å². The Morgan fingerprint density at radius 2 is 1.75 bits per heavy atom. The minimum absolute atomic E-state index is 0.0231. The maximum absolute atomic E-state index is 14.9. The van der Waals surface area contributed by atoms with E-state index in [1.165, 1.54) is 0 Å². The number of rotatable bonds is 13. The Balaban J connectivity index is 1.58. The number of benzene rings is 2. The van der Waals surface area contributed by atoms with E-state index in [1.54, 1.807) is 38.6 Å². The molecule has 1 N–H and O–H groups in total. The molecule has 3 aliphatic rings. The highest BCUT2D eigenvalue weighted by molar-refractivity contribution is 9.09. The van der Waals surface area contributed by atoms with Crippen molar-refractivity contribution >= 4 is 56.8 Å². The second kappa shape index (κ2) is 13.6. The van der Waals surface area contributed by atoms with Crippen LogP contribution in [0, 0.1) is 25.7 Å². The molecule has 2 aromatic rings. The monoisotopic (exact) mass is 679 g/mol. The van der Waals surface area contributed by atoms with Gasteiger partial charge >= 0.3 is 0 Å². The van der Waals surface area contributed by atoms with Crippen LogP contribution >= 0.6 is 27.7 Å². The number of carbonyl (C=O) groups is 3. The lowest BCUT2D eigenvalue weighted by molar-refractivity contribution is -0.139. The van der Waals surface area contributed by atoms with Crippen molar-refractivity contribution in [2.75, 3.05) is 36.0 Å². The number of hydrogen-bond donors (Lipinski definition) is 1. The molecular weight excluding hydrogens is 638 g/mol. The summed E-state index contributed by atoms with van der Waals surface area (Å²) in [4.78, 5) is 49.3. The number of hydrogen-bond acceptors (Lipinski definition) is 5. The normalized spacial score (nSPS) is 26.9. The first-order chi connectivity index (χ1) is 21.2. The van der Waals surface area contributed by atoms with E-state index >= 15 is 0 Å². The summed E-state index contributed by atoms with van der Waals surface area (Å²) in [5.74, 6) is -1.57. The van der Waals surface area contributed by atoms with Gasteiger partial charge < -0.3 is 19.8 Å². The van der Waals surface area contributed by atoms with E-state index in [0.29, 0.717) is 38.9 Å². The molecule has 6 atom stereocenters. The van der Waals surface area contributed by atoms with E-state index in [2.05, 4.69) is 29.1 Å². The minimum atomic E-state index is -0.752. The average Bonchev–Trinajstić information content (AvgIpc) is 3.61. The van der Waals surface area contributed by atoms with Gasteiger partial charge in [-0.3, -0.25) is 14.4 Å². The number of fused-ring (bicyclic) bond motifs is 1. The number of amides is 3. The number of halogens is 1. The van der Waals surface area contributed by atoms with Crippen molar-refractivity contribution in [1.82, 2.24) is 4.90 Å². The molecule has 3 fully saturated rings. The number of anilines is 2. The summed E-state index contributed by atoms with van der Waals surface area (Å²) in [6, 6.07) is 14.8. The zero-order chi connectivity index (χ0) is 31.6. The molecule has 3 saturated heterocycles. The maximum atomic E-state index is 14.9. The first-order valence-corrected chi connectivity index (χ1v) is 17.2. The Hall–Kier alpha value is -2.88. The molecule has 0 radical (unpaired) electrons. The molecule has 2 aromatic carbocycles. The van der Waals surface area contributed by atoms with Crippen molar-refractivity contribution in [1.29, 1.82) is 0 Å². The largest absolute Gasteiger partial charge is 0.396 e. The number of aryl methyl sites for hydroxylation is 2. The number of carbonyl (C=O) groups excluding carboxylic acids is 3. The molecule has 3 heterocycles. The second-order valence-electron chi connectivity index (χ2n) is 12.1. The molecule has 234 valence electrons. The van der Waals surface area contributed by atoms with Crippen LogP contribution in [-0.2, 0) is 14.4 Å². The standard InChI is InChI=1S/C35H42BrN3O4S/c1-5-17-37(25-13-9-7-10-14-25)32(41)28-29-33(42)39(19-11-8-12-20-40)31(35(29)22-26(36)30(28)44-35)34(43)38(18-6-2)27-21-23(3)15-16-24(27)4/h5-7,9-10,13-16,21,26,28-31,40H,1-2,8,11-12,17-20,22H2,3-4H3/t26?,28-,29-,30-,31?,35?/m0/s1. The van der Waals surface area contributed by atoms with Gasteiger partial charge in [-0.2, -0.15) is 0 Å². The van der Waals surface area contributed by atoms with Gasteiger partial charge in [0, 0.05) is 47.7 Å². The van der Waals surface area contributed by atoms with Gasteiger partial charge in [0.15, 0.2) is 0 Å². The molecule has 3 aliphatic heterocycles. The van der Waals surface area contributed by atoms with E-state index < -0.39 is 22.6 Å². The predicted molar refractivity (Wildman–Crippen MR) is 182 cm³/mol. The summed E-state index contributed by atoms with van der Waals surface area (Å²) in [6.45, 7) is 12.9. The lowest BCUT2D eigenvalue weighted by Crippen LogP contribution is -2.56. The summed E-state index contributed by atoms with van der Waals surface area (Å²) in [5, 5.41) is 9.23. The molecule has 9 heteroatoms. The molecule has 44 heavy (non-hydrogen) atoms. The van der Waals surface area contributed by atoms with Gasteiger partial charge in [-0.15, -0.1) is 24.9 Å². The van der Waals surface area contributed by atoms with Crippen molar-refractivity contribution in [2.45, 2.75) is 60.4 Å². The van der Waals surface area contributed by atoms with Crippen molar-refractivity contribution < 1.29 is 19.5 Å². The summed E-state index contributed by atoms with van der Waals surface area (Å²) >= 11 is 5.55. The van der Waals surface area contributed by atoms with E-state index in [-0.39, 0.29) is 34.4 Å². The van der Waals surface area contributed by atoms with Crippen molar-refractivity contribution in [2.24, 2.45) is 11.8 Å². The SMILES string of the molecule is C=CCN(C(=O)[C@H]1[C@H]2C(=O)N(CCCCCO)C(C(=O)N(CC=C)c3cc(C)ccc3C)C23CC(Br)[C@@H]1S3)c1ccccc1. The third-order valence-electron chi connectivity index (χ3n) is 9.24. The molecule has 0 aliphatic carbocycles. The quantitative estimate of drug-likeness (QED) is 0.168. The smallest absolute Gasteiger partial charge is 0.251 e. The van der Waals surface area contributed by atoms with Crippen molar-refractivity contribution in [3.63, 3.8) is 0 Å². The van der Waals surface area contributed by atoms with E-state index in [1.807, 2.05) is 62.4 Å². The van der Waals surface area contributed by atoms with Crippen LogP contribution in [0.4, 0.5) is 11.4 Å². The first-order valence-electron chi connectivity index (χ1n) is 15.4. The number of alkyl halides is 1. The Morgan fingerprint density at radius 1 is 1.05 bits per heavy atom. The highest BCUT2D eigenvalue weighted by atomic mass is 79.9. The van der Waals surface area contributed by atoms with E-state index in [4.69, 9.17) is 0 Å². The fourth-order valence-corrected chi connectivity index (χ4v) is 10.9. The van der Waals surface area contributed by atoms with Crippen LogP contribution in [0.5, 0.6) is 0 Å². The van der Waals surface area contributed by atoms with Gasteiger partial charge in [-0.05, 0) is 68.9 Å². The zero-order valence-electron chi connectivity index (χ0n) is 25.5. The highest BCUT2D eigenvalue weighted by Crippen LogP contribution is 2.68. The van der Waals surface area contributed by atoms with Crippen LogP contribution in [0.3, 0.4) is 0 Å². The Morgan fingerprint density at radius 3 is 2.43 bits per heavy atom. The van der Waals surface area contributed by atoms with Crippen molar-refractivity contribution in [3.05, 3.63) is 85.0 Å². The Kier molecular flexibility index (Phi) is 10.1. The van der Waals surface area contributed by atoms with Crippen LogP contribution in [0.25, 0.3) is 0 Å². The molecular formula is C35H42BrN3O4S. The number of thioether (sulfide) groups is 1. The molecule has 1 spiro atoms. The Labute approximate surface area is 273 Å². The summed E-state index contributed by atoms with van der Waals surface area (Å²) < 4.78 is -0.752. The topological polar surface area (TPSA) is 81.2 Å². The van der Waals surface area contributed by atoms with Gasteiger partial charge in [-0.25, -0.2) is 0 Å². The van der Waals surface area contributed by atoms with Gasteiger partial charge in [-0.1, -0.05) is 58.4 Å².